The van der Waals surface area contributed by atoms with E-state index in [1.165, 1.54) is 4.90 Å². The second-order valence-electron chi connectivity index (χ2n) is 7.02. The number of nitrogens with one attached hydrogen (secondary N) is 2. The molecule has 1 fully saturated rings. The van der Waals surface area contributed by atoms with Gasteiger partial charge in [-0.25, -0.2) is 14.7 Å². The smallest absolute Gasteiger partial charge is 0.319 e. The number of nitrogens with zero attached hydrogens (tertiary/aromatic N) is 2. The molecule has 27 heavy (non-hydrogen) atoms. The molecule has 1 aromatic heterocycles. The summed E-state index contributed by atoms with van der Waals surface area (Å²) in [6.07, 6.45) is 0. The fourth-order valence-electron chi connectivity index (χ4n) is 3.39. The number of thiazole rings is 1. The number of fused-ring (bicyclic) bond motifs is 1. The van der Waals surface area contributed by atoms with Crippen LogP contribution in [0, 0.1) is 0 Å². The van der Waals surface area contributed by atoms with E-state index in [0.29, 0.717) is 13.2 Å². The first kappa shape index (κ1) is 17.6. The summed E-state index contributed by atoms with van der Waals surface area (Å²) in [6, 6.07) is 17.0. The van der Waals surface area contributed by atoms with Crippen LogP contribution in [-0.2, 0) is 16.9 Å². The molecular weight excluding hydrogens is 360 g/mol. The molecule has 2 aromatic carbocycles. The number of aromatic nitrogens is 1. The molecule has 1 saturated heterocycles. The predicted molar refractivity (Wildman–Crippen MR) is 104 cm³/mol. The Morgan fingerprint density at radius 1 is 1.11 bits per heavy atom. The maximum atomic E-state index is 13.0. The minimum atomic E-state index is -1.02. The lowest BCUT2D eigenvalue weighted by Gasteiger charge is -2.23. The molecule has 0 saturated carbocycles. The monoisotopic (exact) mass is 381 g/mol. The van der Waals surface area contributed by atoms with E-state index in [4.69, 9.17) is 0 Å². The van der Waals surface area contributed by atoms with Gasteiger partial charge in [-0.05, 0) is 24.6 Å². The van der Waals surface area contributed by atoms with Crippen LogP contribution in [0.1, 0.15) is 17.5 Å². The highest BCUT2D eigenvalue weighted by Gasteiger charge is 2.49. The predicted octanol–water partition coefficient (Wildman–Crippen LogP) is 1.74. The number of para-hydroxylation sites is 1. The third kappa shape index (κ3) is 3.20. The molecule has 2 heterocycles. The number of benzene rings is 2. The van der Waals surface area contributed by atoms with Gasteiger partial charge < -0.3 is 10.2 Å². The van der Waals surface area contributed by atoms with Crippen molar-refractivity contribution >= 4 is 33.5 Å². The van der Waals surface area contributed by atoms with Gasteiger partial charge >= 0.3 is 6.03 Å². The second-order valence-corrected chi connectivity index (χ2v) is 8.14. The molecule has 3 amide bonds. The van der Waals surface area contributed by atoms with Crippen LogP contribution >= 0.6 is 11.3 Å². The summed E-state index contributed by atoms with van der Waals surface area (Å²) in [5, 5.41) is 3.84. The molecule has 1 aliphatic rings. The lowest BCUT2D eigenvalue weighted by atomic mass is 9.92. The van der Waals surface area contributed by atoms with Gasteiger partial charge in [-0.15, -0.1) is 11.3 Å². The molecule has 0 radical (unpaired) electrons. The summed E-state index contributed by atoms with van der Waals surface area (Å²) in [4.78, 5) is 32.4. The lowest BCUT2D eigenvalue weighted by molar-refractivity contribution is -0.901. The molecule has 0 aliphatic carbocycles. The highest BCUT2D eigenvalue weighted by atomic mass is 32.1. The maximum Gasteiger partial charge on any atom is 0.329 e. The number of rotatable bonds is 5. The van der Waals surface area contributed by atoms with E-state index in [9.17, 15) is 9.59 Å². The highest BCUT2D eigenvalue weighted by molar-refractivity contribution is 7.18. The van der Waals surface area contributed by atoms with Crippen molar-refractivity contribution in [2.24, 2.45) is 0 Å². The fourth-order valence-corrected chi connectivity index (χ4v) is 4.47. The van der Waals surface area contributed by atoms with Crippen LogP contribution in [0.3, 0.4) is 0 Å². The molecule has 6 nitrogen and oxygen atoms in total. The summed E-state index contributed by atoms with van der Waals surface area (Å²) < 4.78 is 1.15. The van der Waals surface area contributed by atoms with E-state index in [2.05, 4.69) is 16.4 Å². The quantitative estimate of drug-likeness (QED) is 0.662. The van der Waals surface area contributed by atoms with Crippen molar-refractivity contribution in [1.82, 2.24) is 15.2 Å². The Balaban J connectivity index is 1.48. The third-order valence-electron chi connectivity index (χ3n) is 4.85. The first-order chi connectivity index (χ1) is 13.0. The molecule has 138 valence electrons. The Bertz CT molecular complexity index is 970. The van der Waals surface area contributed by atoms with E-state index < -0.39 is 5.54 Å². The van der Waals surface area contributed by atoms with Gasteiger partial charge in [0.1, 0.15) is 17.1 Å². The van der Waals surface area contributed by atoms with E-state index >= 15 is 0 Å². The van der Waals surface area contributed by atoms with Crippen molar-refractivity contribution in [1.29, 1.82) is 0 Å². The van der Waals surface area contributed by atoms with Gasteiger partial charge in [0.2, 0.25) is 0 Å². The number of quaternary nitrogens is 1. The Morgan fingerprint density at radius 2 is 1.81 bits per heavy atom. The number of imide groups is 1. The number of amides is 3. The largest absolute Gasteiger partial charge is 0.329 e. The molecule has 2 N–H and O–H groups in total. The van der Waals surface area contributed by atoms with E-state index in [1.54, 1.807) is 18.3 Å². The fraction of sp³-hybridized carbons (Fsp3) is 0.250. The van der Waals surface area contributed by atoms with Gasteiger partial charge in [0.25, 0.3) is 5.91 Å². The normalized spacial score (nSPS) is 20.9. The first-order valence-corrected chi connectivity index (χ1v) is 9.64. The minimum absolute atomic E-state index is 0.220. The van der Waals surface area contributed by atoms with Crippen LogP contribution in [0.15, 0.2) is 54.6 Å². The third-order valence-corrected chi connectivity index (χ3v) is 5.88. The van der Waals surface area contributed by atoms with Crippen molar-refractivity contribution in [3.05, 3.63) is 65.2 Å². The van der Waals surface area contributed by atoms with Crippen LogP contribution in [-0.4, -0.2) is 35.5 Å². The zero-order valence-electron chi connectivity index (χ0n) is 15.2. The Hall–Kier alpha value is -2.77. The molecule has 1 unspecified atom stereocenters. The zero-order valence-corrected chi connectivity index (χ0v) is 16.0. The van der Waals surface area contributed by atoms with Crippen molar-refractivity contribution in [2.45, 2.75) is 19.0 Å². The first-order valence-electron chi connectivity index (χ1n) is 8.83. The summed E-state index contributed by atoms with van der Waals surface area (Å²) in [5.41, 5.74) is 0.751. The Kier molecular flexibility index (Phi) is 4.41. The Labute approximate surface area is 161 Å². The molecule has 3 aromatic rings. The lowest BCUT2D eigenvalue weighted by Crippen LogP contribution is -3.09. The maximum absolute atomic E-state index is 13.0. The van der Waals surface area contributed by atoms with Gasteiger partial charge in [-0.3, -0.25) is 4.79 Å². The van der Waals surface area contributed by atoms with Crippen LogP contribution < -0.4 is 10.2 Å². The summed E-state index contributed by atoms with van der Waals surface area (Å²) in [5.74, 6) is -0.220. The topological polar surface area (TPSA) is 66.7 Å². The molecule has 1 aliphatic heterocycles. The summed E-state index contributed by atoms with van der Waals surface area (Å²) in [7, 11) is 1.96. The summed E-state index contributed by atoms with van der Waals surface area (Å²) >= 11 is 1.65. The van der Waals surface area contributed by atoms with Crippen LogP contribution in [0.4, 0.5) is 4.79 Å². The molecular formula is C20H21N4O2S+. The average molecular weight is 381 g/mol. The number of urea groups is 1. The Morgan fingerprint density at radius 3 is 2.56 bits per heavy atom. The standard InChI is InChI=1S/C20H20N4O2S/c1-20(14-8-4-3-5-9-14)18(25)24(19(26)22-20)13-23(2)12-17-21-15-10-6-7-11-16(15)27-17/h3-11H,12-13H2,1-2H3,(H,22,26)/p+1/t20-/m0/s1. The van der Waals surface area contributed by atoms with E-state index in [0.717, 1.165) is 25.7 Å². The van der Waals surface area contributed by atoms with Crippen LogP contribution in [0.5, 0.6) is 0 Å². The molecule has 2 atom stereocenters. The minimum Gasteiger partial charge on any atom is -0.319 e. The number of hydrogen-bond donors (Lipinski definition) is 2. The van der Waals surface area contributed by atoms with Crippen molar-refractivity contribution in [3.8, 4) is 0 Å². The van der Waals surface area contributed by atoms with Gasteiger partial charge in [0.05, 0.1) is 17.3 Å². The highest BCUT2D eigenvalue weighted by Crippen LogP contribution is 2.28. The number of carbonyl (C=O) groups excluding carboxylic acids is 2. The van der Waals surface area contributed by atoms with Gasteiger partial charge in [-0.1, -0.05) is 42.5 Å². The molecule has 0 spiro atoms. The van der Waals surface area contributed by atoms with Crippen LogP contribution in [0.25, 0.3) is 10.2 Å². The van der Waals surface area contributed by atoms with E-state index in [-0.39, 0.29) is 11.9 Å². The van der Waals surface area contributed by atoms with Crippen molar-refractivity contribution < 1.29 is 14.5 Å². The van der Waals surface area contributed by atoms with Gasteiger partial charge in [0.15, 0.2) is 6.67 Å². The van der Waals surface area contributed by atoms with Crippen LogP contribution in [0.2, 0.25) is 0 Å². The summed E-state index contributed by atoms with van der Waals surface area (Å²) in [6.45, 7) is 2.70. The number of carbonyl (C=O) groups is 2. The molecule has 7 heteroatoms. The van der Waals surface area contributed by atoms with Crippen molar-refractivity contribution in [3.63, 3.8) is 0 Å². The SMILES string of the molecule is C[NH+](Cc1nc2ccccc2s1)CN1C(=O)N[C@@](C)(c2ccccc2)C1=O. The average Bonchev–Trinajstić information content (AvgIpc) is 3.16. The molecule has 0 bridgehead atoms. The van der Waals surface area contributed by atoms with E-state index in [1.807, 2.05) is 55.6 Å². The van der Waals surface area contributed by atoms with Crippen molar-refractivity contribution in [2.75, 3.05) is 13.7 Å². The van der Waals surface area contributed by atoms with Gasteiger partial charge in [0, 0.05) is 0 Å². The molecule has 4 rings (SSSR count). The second kappa shape index (κ2) is 6.75. The van der Waals surface area contributed by atoms with Gasteiger partial charge in [-0.2, -0.15) is 0 Å². The number of hydrogen-bond acceptors (Lipinski definition) is 4. The zero-order chi connectivity index (χ0) is 19.0.